The van der Waals surface area contributed by atoms with Crippen LogP contribution in [0.15, 0.2) is 60.9 Å². The Morgan fingerprint density at radius 3 is 2.23 bits per heavy atom. The van der Waals surface area contributed by atoms with Gasteiger partial charge in [0.15, 0.2) is 5.65 Å². The lowest BCUT2D eigenvalue weighted by molar-refractivity contribution is 0.281. The summed E-state index contributed by atoms with van der Waals surface area (Å²) in [5.74, 6) is 1.19. The molecule has 2 heterocycles. The molecule has 4 aromatic rings. The van der Waals surface area contributed by atoms with Gasteiger partial charge in [-0.1, -0.05) is 0 Å². The number of fused-ring (bicyclic) bond motifs is 1. The Balaban J connectivity index is 1.55. The number of benzene rings is 2. The third-order valence-corrected chi connectivity index (χ3v) is 6.01. The lowest BCUT2D eigenvalue weighted by Crippen LogP contribution is -2.02. The molecule has 0 bridgehead atoms. The first kappa shape index (κ1) is 20.8. The second kappa shape index (κ2) is 8.73. The van der Waals surface area contributed by atoms with Crippen LogP contribution in [0.4, 0.5) is 17.3 Å². The highest BCUT2D eigenvalue weighted by atomic mass is 31.2. The van der Waals surface area contributed by atoms with Gasteiger partial charge in [0, 0.05) is 31.8 Å². The van der Waals surface area contributed by atoms with Gasteiger partial charge in [-0.05, 0) is 48.5 Å². The van der Waals surface area contributed by atoms with Crippen molar-refractivity contribution in [2.24, 2.45) is 0 Å². The monoisotopic (exact) mass is 440 g/mol. The second-order valence-electron chi connectivity index (χ2n) is 6.40. The number of hydrogen-bond donors (Lipinski definition) is 2. The van der Waals surface area contributed by atoms with E-state index in [4.69, 9.17) is 13.8 Å². The molecular weight excluding hydrogens is 419 g/mol. The maximum atomic E-state index is 12.2. The summed E-state index contributed by atoms with van der Waals surface area (Å²) in [5, 5.41) is 11.1. The minimum Gasteiger partial charge on any atom is -0.497 e. The molecule has 10 nitrogen and oxygen atoms in total. The molecule has 0 aliphatic heterocycles. The van der Waals surface area contributed by atoms with E-state index in [2.05, 4.69) is 25.5 Å². The predicted molar refractivity (Wildman–Crippen MR) is 118 cm³/mol. The van der Waals surface area contributed by atoms with E-state index in [1.54, 1.807) is 48.5 Å². The van der Waals surface area contributed by atoms with Crippen LogP contribution in [0.2, 0.25) is 0 Å². The summed E-state index contributed by atoms with van der Waals surface area (Å²) in [6.07, 6.45) is 3.43. The minimum absolute atomic E-state index is 0.419. The van der Waals surface area contributed by atoms with Crippen molar-refractivity contribution in [2.45, 2.75) is 0 Å². The Bertz CT molecular complexity index is 1220. The third kappa shape index (κ3) is 4.51. The average molecular weight is 440 g/mol. The smallest absolute Gasteiger partial charge is 0.432 e. The molecule has 0 saturated heterocycles. The molecule has 160 valence electrons. The zero-order valence-corrected chi connectivity index (χ0v) is 18.0. The Hall–Kier alpha value is -3.46. The maximum Gasteiger partial charge on any atom is 0.432 e. The molecular formula is C20H21N6O4P. The second-order valence-corrected chi connectivity index (χ2v) is 8.35. The van der Waals surface area contributed by atoms with Crippen LogP contribution < -0.4 is 15.1 Å². The molecule has 0 radical (unpaired) electrons. The number of methoxy groups -OCH3 is 1. The van der Waals surface area contributed by atoms with Crippen LogP contribution in [0.5, 0.6) is 5.75 Å². The molecule has 31 heavy (non-hydrogen) atoms. The Kier molecular flexibility index (Phi) is 5.85. The van der Waals surface area contributed by atoms with Crippen molar-refractivity contribution in [3.8, 4) is 11.4 Å². The summed E-state index contributed by atoms with van der Waals surface area (Å²) in [6.45, 7) is 0. The summed E-state index contributed by atoms with van der Waals surface area (Å²) in [6, 6.07) is 14.6. The SMILES string of the molecule is COc1ccc(-n2ncc3cnc(Nc4ccc(NP(=O)(OC)OC)cc4)nc32)cc1. The van der Waals surface area contributed by atoms with Crippen molar-refractivity contribution in [1.29, 1.82) is 0 Å². The van der Waals surface area contributed by atoms with Crippen LogP contribution in [0.1, 0.15) is 0 Å². The highest BCUT2D eigenvalue weighted by Crippen LogP contribution is 2.46. The third-order valence-electron chi connectivity index (χ3n) is 4.51. The van der Waals surface area contributed by atoms with Crippen molar-refractivity contribution >= 4 is 36.1 Å². The van der Waals surface area contributed by atoms with Crippen molar-refractivity contribution in [3.63, 3.8) is 0 Å². The van der Waals surface area contributed by atoms with Gasteiger partial charge in [-0.15, -0.1) is 0 Å². The first-order chi connectivity index (χ1) is 15.0. The number of rotatable bonds is 8. The molecule has 2 aromatic heterocycles. The maximum absolute atomic E-state index is 12.2. The van der Waals surface area contributed by atoms with Gasteiger partial charge in [-0.2, -0.15) is 10.1 Å². The molecule has 2 aromatic carbocycles. The van der Waals surface area contributed by atoms with Gasteiger partial charge < -0.3 is 10.1 Å². The number of aromatic nitrogens is 4. The normalized spacial score (nSPS) is 11.5. The molecule has 0 aliphatic rings. The van der Waals surface area contributed by atoms with Crippen molar-refractivity contribution < 1.29 is 18.3 Å². The molecule has 0 spiro atoms. The molecule has 11 heteroatoms. The van der Waals surface area contributed by atoms with Crippen molar-refractivity contribution in [2.75, 3.05) is 31.7 Å². The highest BCUT2D eigenvalue weighted by Gasteiger charge is 2.20. The molecule has 0 amide bonds. The van der Waals surface area contributed by atoms with E-state index < -0.39 is 7.75 Å². The van der Waals surface area contributed by atoms with Gasteiger partial charge in [0.05, 0.1) is 24.4 Å². The van der Waals surface area contributed by atoms with Gasteiger partial charge in [0.2, 0.25) is 5.95 Å². The summed E-state index contributed by atoms with van der Waals surface area (Å²) in [5.41, 5.74) is 2.87. The van der Waals surface area contributed by atoms with Crippen molar-refractivity contribution in [3.05, 3.63) is 60.9 Å². The van der Waals surface area contributed by atoms with Crippen LogP contribution in [0, 0.1) is 0 Å². The zero-order chi connectivity index (χ0) is 21.8. The standard InChI is InChI=1S/C20H21N6O4P/c1-28-18-10-8-17(9-11-18)26-19-14(13-22-26)12-21-20(24-19)23-15-4-6-16(7-5-15)25-31(27,29-2)30-3/h4-13H,1-3H3,(H,25,27)(H,21,23,24). The van der Waals surface area contributed by atoms with Gasteiger partial charge >= 0.3 is 7.75 Å². The van der Waals surface area contributed by atoms with E-state index in [1.807, 2.05) is 24.3 Å². The Morgan fingerprint density at radius 2 is 1.58 bits per heavy atom. The quantitative estimate of drug-likeness (QED) is 0.385. The average Bonchev–Trinajstić information content (AvgIpc) is 3.23. The first-order valence-electron chi connectivity index (χ1n) is 9.25. The van der Waals surface area contributed by atoms with E-state index in [9.17, 15) is 4.57 Å². The van der Waals surface area contributed by atoms with Crippen LogP contribution in [0.3, 0.4) is 0 Å². The van der Waals surface area contributed by atoms with E-state index in [-0.39, 0.29) is 0 Å². The summed E-state index contributed by atoms with van der Waals surface area (Å²) in [4.78, 5) is 8.95. The number of nitrogens with zero attached hydrogens (tertiary/aromatic N) is 4. The van der Waals surface area contributed by atoms with E-state index >= 15 is 0 Å². The summed E-state index contributed by atoms with van der Waals surface area (Å²) >= 11 is 0. The minimum atomic E-state index is -3.36. The van der Waals surface area contributed by atoms with Crippen LogP contribution in [0.25, 0.3) is 16.7 Å². The molecule has 4 rings (SSSR count). The number of anilines is 3. The van der Waals surface area contributed by atoms with Gasteiger partial charge in [0.1, 0.15) is 5.75 Å². The van der Waals surface area contributed by atoms with Crippen LogP contribution >= 0.6 is 7.75 Å². The fourth-order valence-corrected chi connectivity index (χ4v) is 3.67. The van der Waals surface area contributed by atoms with Gasteiger partial charge in [0.25, 0.3) is 0 Å². The number of ether oxygens (including phenoxy) is 1. The Morgan fingerprint density at radius 1 is 0.903 bits per heavy atom. The Labute approximate surface area is 178 Å². The molecule has 2 N–H and O–H groups in total. The molecule has 0 atom stereocenters. The first-order valence-corrected chi connectivity index (χ1v) is 10.8. The van der Waals surface area contributed by atoms with Crippen LogP contribution in [-0.4, -0.2) is 41.1 Å². The summed E-state index contributed by atoms with van der Waals surface area (Å²) < 4.78 is 28.9. The summed E-state index contributed by atoms with van der Waals surface area (Å²) in [7, 11) is 0.901. The lowest BCUT2D eigenvalue weighted by Gasteiger charge is -2.15. The van der Waals surface area contributed by atoms with Crippen LogP contribution in [-0.2, 0) is 13.6 Å². The molecule has 0 saturated carbocycles. The van der Waals surface area contributed by atoms with Gasteiger partial charge in [-0.25, -0.2) is 14.2 Å². The predicted octanol–water partition coefficient (Wildman–Crippen LogP) is 4.38. The number of hydrogen-bond acceptors (Lipinski definition) is 8. The number of nitrogens with one attached hydrogen (secondary N) is 2. The topological polar surface area (TPSA) is 112 Å². The van der Waals surface area contributed by atoms with Crippen molar-refractivity contribution in [1.82, 2.24) is 19.7 Å². The molecule has 0 fully saturated rings. The molecule has 0 aliphatic carbocycles. The largest absolute Gasteiger partial charge is 0.497 e. The van der Waals surface area contributed by atoms with E-state index in [0.29, 0.717) is 17.3 Å². The zero-order valence-electron chi connectivity index (χ0n) is 17.1. The molecule has 0 unspecified atom stereocenters. The van der Waals surface area contributed by atoms with Gasteiger partial charge in [-0.3, -0.25) is 14.1 Å². The fraction of sp³-hybridized carbons (Fsp3) is 0.150. The fourth-order valence-electron chi connectivity index (χ4n) is 2.87. The van der Waals surface area contributed by atoms with E-state index in [1.165, 1.54) is 14.2 Å². The lowest BCUT2D eigenvalue weighted by atomic mass is 10.3. The highest BCUT2D eigenvalue weighted by molar-refractivity contribution is 7.55. The van der Waals surface area contributed by atoms with E-state index in [0.717, 1.165) is 22.5 Å².